The minimum absolute atomic E-state index is 0.0185. The quantitative estimate of drug-likeness (QED) is 0.338. The van der Waals surface area contributed by atoms with E-state index in [-0.39, 0.29) is 34.4 Å². The van der Waals surface area contributed by atoms with Crippen molar-refractivity contribution in [2.75, 3.05) is 6.61 Å². The molecule has 1 heterocycles. The van der Waals surface area contributed by atoms with Gasteiger partial charge in [-0.15, -0.1) is 0 Å². The normalized spacial score (nSPS) is 42.5. The van der Waals surface area contributed by atoms with Gasteiger partial charge in [0.05, 0.1) is 11.0 Å². The molecule has 0 aromatic heterocycles. The Hall–Kier alpha value is -0.393. The van der Waals surface area contributed by atoms with Crippen molar-refractivity contribution < 1.29 is 19.1 Å². The van der Waals surface area contributed by atoms with Gasteiger partial charge >= 0.3 is 5.97 Å². The molecule has 168 valence electrons. The van der Waals surface area contributed by atoms with Gasteiger partial charge in [0.15, 0.2) is 8.32 Å². The van der Waals surface area contributed by atoms with Crippen LogP contribution in [-0.4, -0.2) is 37.7 Å². The van der Waals surface area contributed by atoms with Crippen LogP contribution in [0.3, 0.4) is 0 Å². The molecule has 0 aromatic carbocycles. The van der Waals surface area contributed by atoms with E-state index in [4.69, 9.17) is 9.16 Å². The minimum atomic E-state index is -1.71. The maximum absolute atomic E-state index is 12.7. The van der Waals surface area contributed by atoms with E-state index in [0.29, 0.717) is 0 Å². The van der Waals surface area contributed by atoms with Gasteiger partial charge in [0, 0.05) is 17.9 Å². The van der Waals surface area contributed by atoms with Crippen molar-refractivity contribution >= 4 is 14.3 Å². The largest absolute Gasteiger partial charge is 0.462 e. The van der Waals surface area contributed by atoms with Gasteiger partial charge in [0.2, 0.25) is 0 Å². The maximum Gasteiger partial charge on any atom is 0.312 e. The van der Waals surface area contributed by atoms with Crippen LogP contribution in [0, 0.1) is 22.7 Å². The van der Waals surface area contributed by atoms with Crippen molar-refractivity contribution in [3.63, 3.8) is 0 Å². The number of hydrogen-bond donors (Lipinski definition) is 1. The Morgan fingerprint density at radius 1 is 1.21 bits per heavy atom. The van der Waals surface area contributed by atoms with Gasteiger partial charge in [-0.25, -0.2) is 0 Å². The van der Waals surface area contributed by atoms with E-state index in [1.54, 1.807) is 0 Å². The number of carbonyl (C=O) groups is 1. The molecule has 4 nitrogen and oxygen atoms in total. The third-order valence-electron chi connectivity index (χ3n) is 9.47. The molecular weight excluding hydrogens is 380 g/mol. The van der Waals surface area contributed by atoms with E-state index in [2.05, 4.69) is 54.6 Å². The molecule has 0 aromatic rings. The van der Waals surface area contributed by atoms with Crippen LogP contribution >= 0.6 is 0 Å². The summed E-state index contributed by atoms with van der Waals surface area (Å²) < 4.78 is 12.2. The van der Waals surface area contributed by atoms with E-state index in [9.17, 15) is 9.90 Å². The van der Waals surface area contributed by atoms with Crippen molar-refractivity contribution in [1.82, 2.24) is 0 Å². The smallest absolute Gasteiger partial charge is 0.312 e. The molecule has 0 amide bonds. The molecule has 1 N–H and O–H groups in total. The number of unbranched alkanes of at least 4 members (excludes halogenated alkanes) is 1. The zero-order valence-electron chi connectivity index (χ0n) is 20.1. The SMILES string of the molecule is C[C@@H]1C[C@H]2OC(=O)[C@@]3(C)CCC[C@@](C)([C@@H]23)[C@@]1(O)CCCCO[Si](C)(C)C(C)(C)C. The third-order valence-corrected chi connectivity index (χ3v) is 14.0. The van der Waals surface area contributed by atoms with Gasteiger partial charge in [0.1, 0.15) is 6.10 Å². The van der Waals surface area contributed by atoms with Crippen LogP contribution in [-0.2, 0) is 14.0 Å². The lowest BCUT2D eigenvalue weighted by Gasteiger charge is -2.61. The molecule has 2 saturated carbocycles. The van der Waals surface area contributed by atoms with E-state index >= 15 is 0 Å². The fourth-order valence-electron chi connectivity index (χ4n) is 6.58. The van der Waals surface area contributed by atoms with Gasteiger partial charge in [0.25, 0.3) is 0 Å². The van der Waals surface area contributed by atoms with Crippen molar-refractivity contribution in [3.05, 3.63) is 0 Å². The highest BCUT2D eigenvalue weighted by Gasteiger charge is 2.70. The summed E-state index contributed by atoms with van der Waals surface area (Å²) in [5.74, 6) is 0.252. The van der Waals surface area contributed by atoms with Gasteiger partial charge in [-0.2, -0.15) is 0 Å². The standard InChI is InChI=1S/C24H44O4Si/c1-17-16-18-19-22(5,20(25)28-18)12-11-13-23(19,6)24(17,26)14-9-10-15-27-29(7,8)21(2,3)4/h17-19,26H,9-16H2,1-8H3/t17-,18-,19+,22+,23+,24-/m1/s1. The summed E-state index contributed by atoms with van der Waals surface area (Å²) in [6, 6.07) is 0. The number of hydrogen-bond acceptors (Lipinski definition) is 4. The highest BCUT2D eigenvalue weighted by atomic mass is 28.4. The van der Waals surface area contributed by atoms with Crippen LogP contribution in [0.2, 0.25) is 18.1 Å². The summed E-state index contributed by atoms with van der Waals surface area (Å²) in [6.07, 6.45) is 6.39. The molecule has 5 heteroatoms. The Balaban J connectivity index is 1.68. The van der Waals surface area contributed by atoms with Gasteiger partial charge in [-0.3, -0.25) is 4.79 Å². The highest BCUT2D eigenvalue weighted by Crippen LogP contribution is 2.67. The molecule has 1 aliphatic heterocycles. The highest BCUT2D eigenvalue weighted by molar-refractivity contribution is 6.74. The molecule has 1 saturated heterocycles. The minimum Gasteiger partial charge on any atom is -0.462 e. The lowest BCUT2D eigenvalue weighted by Crippen LogP contribution is -2.65. The molecule has 29 heavy (non-hydrogen) atoms. The molecule has 0 radical (unpaired) electrons. The monoisotopic (exact) mass is 424 g/mol. The Kier molecular flexibility index (Phi) is 5.89. The summed E-state index contributed by atoms with van der Waals surface area (Å²) >= 11 is 0. The fraction of sp³-hybridized carbons (Fsp3) is 0.958. The number of carbonyl (C=O) groups excluding carboxylic acids is 1. The molecule has 3 rings (SSSR count). The predicted octanol–water partition coefficient (Wildman–Crippen LogP) is 5.69. The number of rotatable bonds is 6. The number of ether oxygens (including phenoxy) is 1. The van der Waals surface area contributed by atoms with Gasteiger partial charge < -0.3 is 14.3 Å². The molecule has 0 unspecified atom stereocenters. The van der Waals surface area contributed by atoms with Crippen LogP contribution in [0.1, 0.15) is 86.5 Å². The van der Waals surface area contributed by atoms with Gasteiger partial charge in [-0.1, -0.05) is 41.0 Å². The van der Waals surface area contributed by atoms with Crippen LogP contribution < -0.4 is 0 Å². The van der Waals surface area contributed by atoms with E-state index < -0.39 is 19.3 Å². The summed E-state index contributed by atoms with van der Waals surface area (Å²) in [5, 5.41) is 12.3. The maximum atomic E-state index is 12.7. The number of aliphatic hydroxyl groups is 1. The second-order valence-electron chi connectivity index (χ2n) is 12.2. The van der Waals surface area contributed by atoms with Crippen molar-refractivity contribution in [1.29, 1.82) is 0 Å². The first-order chi connectivity index (χ1) is 13.2. The molecule has 0 spiro atoms. The zero-order valence-corrected chi connectivity index (χ0v) is 21.1. The third kappa shape index (κ3) is 3.53. The molecule has 0 bridgehead atoms. The predicted molar refractivity (Wildman–Crippen MR) is 119 cm³/mol. The zero-order chi connectivity index (χ0) is 21.9. The average molecular weight is 425 g/mol. The van der Waals surface area contributed by atoms with Crippen LogP contribution in [0.15, 0.2) is 0 Å². The second-order valence-corrected chi connectivity index (χ2v) is 17.0. The lowest BCUT2D eigenvalue weighted by molar-refractivity contribution is -0.218. The molecule has 3 aliphatic rings. The van der Waals surface area contributed by atoms with E-state index in [0.717, 1.165) is 51.6 Å². The summed E-state index contributed by atoms with van der Waals surface area (Å²) in [5.41, 5.74) is -1.41. The Labute approximate surface area is 179 Å². The summed E-state index contributed by atoms with van der Waals surface area (Å²) in [7, 11) is -1.71. The van der Waals surface area contributed by atoms with Crippen LogP contribution in [0.25, 0.3) is 0 Å². The van der Waals surface area contributed by atoms with E-state index in [1.165, 1.54) is 0 Å². The molecule has 2 aliphatic carbocycles. The first-order valence-corrected chi connectivity index (χ1v) is 14.7. The van der Waals surface area contributed by atoms with Crippen LogP contribution in [0.4, 0.5) is 0 Å². The van der Waals surface area contributed by atoms with Gasteiger partial charge in [-0.05, 0) is 69.5 Å². The Morgan fingerprint density at radius 3 is 2.48 bits per heavy atom. The van der Waals surface area contributed by atoms with Crippen molar-refractivity contribution in [3.8, 4) is 0 Å². The Morgan fingerprint density at radius 2 is 1.86 bits per heavy atom. The molecular formula is C24H44O4Si. The molecule has 6 atom stereocenters. The average Bonchev–Trinajstić information content (AvgIpc) is 2.83. The second kappa shape index (κ2) is 7.34. The first-order valence-electron chi connectivity index (χ1n) is 11.8. The number of esters is 1. The van der Waals surface area contributed by atoms with Crippen molar-refractivity contribution in [2.24, 2.45) is 22.7 Å². The lowest BCUT2D eigenvalue weighted by atomic mass is 9.44. The first kappa shape index (κ1) is 23.3. The topological polar surface area (TPSA) is 55.8 Å². The Bertz CT molecular complexity index is 641. The van der Waals surface area contributed by atoms with E-state index in [1.807, 2.05) is 0 Å². The fourth-order valence-corrected chi connectivity index (χ4v) is 7.66. The van der Waals surface area contributed by atoms with Crippen LogP contribution in [0.5, 0.6) is 0 Å². The summed E-state index contributed by atoms with van der Waals surface area (Å²) in [4.78, 5) is 12.7. The molecule has 3 fully saturated rings. The van der Waals surface area contributed by atoms with Crippen molar-refractivity contribution in [2.45, 2.75) is 116 Å². The summed E-state index contributed by atoms with van der Waals surface area (Å²) in [6.45, 7) is 18.7.